The number of hydrogen-bond donors (Lipinski definition) is 0. The molecule has 1 aliphatic rings. The van der Waals surface area contributed by atoms with E-state index in [9.17, 15) is 0 Å². The van der Waals surface area contributed by atoms with Crippen LogP contribution in [0.1, 0.15) is 58.2 Å². The van der Waals surface area contributed by atoms with Crippen molar-refractivity contribution >= 4 is 60.8 Å². The Morgan fingerprint density at radius 1 is 0.661 bits per heavy atom. The first-order valence-electron chi connectivity index (χ1n) is 19.8. The average Bonchev–Trinajstić information content (AvgIpc) is 3.92. The van der Waals surface area contributed by atoms with Gasteiger partial charge in [-0.2, -0.15) is 12.7 Å². The number of para-hydroxylation sites is 2. The molecule has 6 aromatic carbocycles. The van der Waals surface area contributed by atoms with Crippen LogP contribution in [0, 0.1) is 18.8 Å². The van der Waals surface area contributed by atoms with Crippen LogP contribution in [0.25, 0.3) is 61.0 Å². The van der Waals surface area contributed by atoms with Crippen molar-refractivity contribution in [1.29, 1.82) is 0 Å². The summed E-state index contributed by atoms with van der Waals surface area (Å²) in [6.07, 6.45) is 1.89. The first-order chi connectivity index (χ1) is 28.0. The number of nitrogens with zero attached hydrogens (tertiary/aromatic N) is 4. The minimum atomic E-state index is -0.216. The van der Waals surface area contributed by atoms with E-state index in [-0.39, 0.29) is 32.0 Å². The summed E-state index contributed by atoms with van der Waals surface area (Å²) in [5.41, 5.74) is 9.58. The van der Waals surface area contributed by atoms with E-state index in [1.54, 1.807) is 0 Å². The zero-order valence-corrected chi connectivity index (χ0v) is 36.1. The topological polar surface area (TPSA) is 46.7 Å². The smallest absolute Gasteiger partial charge is 0.135 e. The molecule has 0 unspecified atom stereocenters. The second-order valence-electron chi connectivity index (χ2n) is 16.9. The summed E-state index contributed by atoms with van der Waals surface area (Å²) in [7, 11) is 0. The fraction of sp³-hybridized carbons (Fsp3) is 0.154. The maximum Gasteiger partial charge on any atom is 0.135 e. The first kappa shape index (κ1) is 38.4. The molecule has 0 amide bonds. The van der Waals surface area contributed by atoms with E-state index in [0.717, 1.165) is 77.8 Å². The Kier molecular flexibility index (Phi) is 9.52. The van der Waals surface area contributed by atoms with E-state index >= 15 is 0 Å². The molecule has 296 valence electrons. The Bertz CT molecular complexity index is 3040. The van der Waals surface area contributed by atoms with E-state index in [1.807, 2.05) is 36.5 Å². The van der Waals surface area contributed by atoms with Gasteiger partial charge in [0.25, 0.3) is 0 Å². The van der Waals surface area contributed by atoms with Crippen molar-refractivity contribution in [2.24, 2.45) is 0 Å². The third-order valence-electron chi connectivity index (χ3n) is 11.0. The molecule has 7 heteroatoms. The number of fused-ring (bicyclic) bond motifs is 7. The van der Waals surface area contributed by atoms with Crippen LogP contribution in [0.15, 0.2) is 150 Å². The number of anilines is 1. The molecule has 59 heavy (non-hydrogen) atoms. The first-order valence-corrected chi connectivity index (χ1v) is 19.8. The average molecular weight is 951 g/mol. The molecule has 0 saturated carbocycles. The largest absolute Gasteiger partial charge is 0.508 e. The number of benzene rings is 6. The summed E-state index contributed by atoms with van der Waals surface area (Å²) in [6.45, 7) is 15.6. The molecule has 9 aromatic rings. The molecule has 1 aliphatic heterocycles. The molecule has 6 nitrogen and oxygen atoms in total. The molecule has 0 saturated heterocycles. The summed E-state index contributed by atoms with van der Waals surface area (Å²) in [5.74, 6) is 1.93. The molecule has 3 aromatic heterocycles. The van der Waals surface area contributed by atoms with Crippen LogP contribution in [0.5, 0.6) is 11.5 Å². The minimum Gasteiger partial charge on any atom is -0.508 e. The van der Waals surface area contributed by atoms with Crippen molar-refractivity contribution in [1.82, 2.24) is 14.5 Å². The van der Waals surface area contributed by atoms with Crippen LogP contribution < -0.4 is 9.64 Å². The number of ether oxygens (including phenoxy) is 1. The molecular formula is C52H43N4O2Pt-3. The Morgan fingerprint density at radius 2 is 1.32 bits per heavy atom. The van der Waals surface area contributed by atoms with Gasteiger partial charge in [-0.25, -0.2) is 4.98 Å². The summed E-state index contributed by atoms with van der Waals surface area (Å²) >= 11 is 0. The number of pyridine rings is 1. The molecular weight excluding hydrogens is 908 g/mol. The quantitative estimate of drug-likeness (QED) is 0.155. The van der Waals surface area contributed by atoms with E-state index < -0.39 is 0 Å². The maximum atomic E-state index is 7.00. The van der Waals surface area contributed by atoms with E-state index in [1.165, 1.54) is 5.56 Å². The van der Waals surface area contributed by atoms with Crippen LogP contribution in [0.4, 0.5) is 5.69 Å². The van der Waals surface area contributed by atoms with Crippen LogP contribution in [-0.4, -0.2) is 20.0 Å². The van der Waals surface area contributed by atoms with Crippen molar-refractivity contribution in [3.8, 4) is 17.3 Å². The maximum absolute atomic E-state index is 7.00. The van der Waals surface area contributed by atoms with Gasteiger partial charge < -0.3 is 23.5 Å². The van der Waals surface area contributed by atoms with Crippen molar-refractivity contribution in [3.63, 3.8) is 0 Å². The van der Waals surface area contributed by atoms with Crippen molar-refractivity contribution in [2.45, 2.75) is 52.5 Å². The molecule has 0 spiro atoms. The van der Waals surface area contributed by atoms with Gasteiger partial charge in [0.15, 0.2) is 0 Å². The Labute approximate surface area is 359 Å². The van der Waals surface area contributed by atoms with E-state index in [0.29, 0.717) is 11.5 Å². The molecule has 0 atom stereocenters. The second-order valence-corrected chi connectivity index (χ2v) is 16.9. The fourth-order valence-electron chi connectivity index (χ4n) is 8.17. The third kappa shape index (κ3) is 6.60. The molecule has 0 radical (unpaired) electrons. The summed E-state index contributed by atoms with van der Waals surface area (Å²) in [5, 5.41) is 3.85. The SMILES string of the molecule is CC(C)(C)c1ccnc(-n2c3[c-]c(Oc4[c-]c(N5[CH-]N(C(C)(C)C)C(c6ccccc6)=C5c5ccccc5)ccc4)c4c5ccccc5oc4c3c3ccccc32)c1.[Pt]. The van der Waals surface area contributed by atoms with Crippen molar-refractivity contribution in [3.05, 3.63) is 181 Å². The Morgan fingerprint density at radius 3 is 2.03 bits per heavy atom. The van der Waals surface area contributed by atoms with E-state index in [2.05, 4.69) is 184 Å². The minimum absolute atomic E-state index is 0. The standard InChI is InChI=1S/C52H43N4O2.Pt/c1-51(2,3)36-28-29-53-45(30-36)56-41-26-15-13-24-39(41)46-42(56)32-44(47-40-25-14-16-27-43(40)58-50(46)47)57-38-23-17-22-37(31-38)54-33-55(52(4,5)6)49(35-20-11-8-12-21-35)48(54)34-18-9-7-10-19-34;/h7-30,33H,1-6H3;/q-3;. The summed E-state index contributed by atoms with van der Waals surface area (Å²) in [6, 6.07) is 55.5. The third-order valence-corrected chi connectivity index (χ3v) is 11.0. The van der Waals surface area contributed by atoms with Crippen LogP contribution >= 0.6 is 0 Å². The van der Waals surface area contributed by atoms with Crippen molar-refractivity contribution in [2.75, 3.05) is 4.90 Å². The van der Waals surface area contributed by atoms with Crippen LogP contribution in [0.3, 0.4) is 0 Å². The number of furan rings is 1. The predicted molar refractivity (Wildman–Crippen MR) is 237 cm³/mol. The van der Waals surface area contributed by atoms with Gasteiger partial charge >= 0.3 is 0 Å². The monoisotopic (exact) mass is 950 g/mol. The Balaban J connectivity index is 0.00000449. The number of rotatable bonds is 6. The van der Waals surface area contributed by atoms with Gasteiger partial charge in [-0.05, 0) is 83.3 Å². The molecule has 10 rings (SSSR count). The van der Waals surface area contributed by atoms with Crippen molar-refractivity contribution < 1.29 is 30.2 Å². The van der Waals surface area contributed by atoms with Gasteiger partial charge in [0.2, 0.25) is 0 Å². The van der Waals surface area contributed by atoms with Gasteiger partial charge in [-0.1, -0.05) is 129 Å². The molecule has 0 bridgehead atoms. The van der Waals surface area contributed by atoms with Crippen LogP contribution in [0.2, 0.25) is 0 Å². The Hall–Kier alpha value is -6.10. The molecule has 0 aliphatic carbocycles. The zero-order chi connectivity index (χ0) is 39.8. The predicted octanol–water partition coefficient (Wildman–Crippen LogP) is 13.3. The number of aromatic nitrogens is 2. The van der Waals surface area contributed by atoms with Gasteiger partial charge in [-0.15, -0.1) is 30.0 Å². The van der Waals surface area contributed by atoms with Gasteiger partial charge in [-0.3, -0.25) is 0 Å². The van der Waals surface area contributed by atoms with Gasteiger partial charge in [0.1, 0.15) is 11.4 Å². The summed E-state index contributed by atoms with van der Waals surface area (Å²) in [4.78, 5) is 9.51. The van der Waals surface area contributed by atoms with Gasteiger partial charge in [0, 0.05) is 66.8 Å². The fourth-order valence-corrected chi connectivity index (χ4v) is 8.17. The van der Waals surface area contributed by atoms with Crippen LogP contribution in [-0.2, 0) is 26.5 Å². The molecule has 4 heterocycles. The van der Waals surface area contributed by atoms with Gasteiger partial charge in [0.05, 0.1) is 0 Å². The summed E-state index contributed by atoms with van der Waals surface area (Å²) < 4.78 is 16.0. The normalized spacial score (nSPS) is 13.6. The second kappa shape index (κ2) is 14.6. The zero-order valence-electron chi connectivity index (χ0n) is 33.9. The molecule has 0 N–H and O–H groups in total. The molecule has 0 fully saturated rings. The van der Waals surface area contributed by atoms with E-state index in [4.69, 9.17) is 14.1 Å². The number of hydrogen-bond acceptors (Lipinski definition) is 5.